The van der Waals surface area contributed by atoms with Gasteiger partial charge in [-0.25, -0.2) is 0 Å². The largest absolute Gasteiger partial charge is 0.471 e. The second-order valence-corrected chi connectivity index (χ2v) is 5.70. The standard InChI is InChI=1S/C8H4ClF3N2O3.C6H5ClN2O2/c9-4-1-2-6(14(16)17)5(3-4)13-7(15)8(10,11)12;7-4-1-2-6(9(10)11)5(8)3-4/h1-3H,(H,13,15);1-3H,8H2. The Morgan fingerprint density at radius 1 is 0.964 bits per heavy atom. The number of alkyl halides is 3. The summed E-state index contributed by atoms with van der Waals surface area (Å²) in [6, 6.07) is 6.94. The molecule has 0 fully saturated rings. The smallest absolute Gasteiger partial charge is 0.393 e. The molecule has 2 rings (SSSR count). The van der Waals surface area contributed by atoms with Crippen LogP contribution in [0.3, 0.4) is 0 Å². The average Bonchev–Trinajstić information content (AvgIpc) is 2.53. The molecule has 28 heavy (non-hydrogen) atoms. The van der Waals surface area contributed by atoms with Gasteiger partial charge in [0.25, 0.3) is 11.4 Å². The van der Waals surface area contributed by atoms with Gasteiger partial charge < -0.3 is 11.1 Å². The van der Waals surface area contributed by atoms with Crippen LogP contribution in [0.2, 0.25) is 10.0 Å². The van der Waals surface area contributed by atoms with E-state index in [-0.39, 0.29) is 16.4 Å². The van der Waals surface area contributed by atoms with Crippen molar-refractivity contribution in [3.63, 3.8) is 0 Å². The predicted molar refractivity (Wildman–Crippen MR) is 95.3 cm³/mol. The van der Waals surface area contributed by atoms with Crippen LogP contribution in [-0.4, -0.2) is 21.9 Å². The average molecular weight is 441 g/mol. The third kappa shape index (κ3) is 6.55. The lowest BCUT2D eigenvalue weighted by Crippen LogP contribution is -2.30. The molecule has 9 nitrogen and oxygen atoms in total. The van der Waals surface area contributed by atoms with Gasteiger partial charge in [-0.2, -0.15) is 13.2 Å². The van der Waals surface area contributed by atoms with Crippen molar-refractivity contribution in [2.24, 2.45) is 0 Å². The van der Waals surface area contributed by atoms with Crippen LogP contribution in [0, 0.1) is 20.2 Å². The number of nitrogens with one attached hydrogen (secondary N) is 1. The van der Waals surface area contributed by atoms with E-state index < -0.39 is 33.3 Å². The molecule has 0 aliphatic rings. The summed E-state index contributed by atoms with van der Waals surface area (Å²) in [5.74, 6) is -2.30. The Kier molecular flexibility index (Phi) is 7.52. The van der Waals surface area contributed by atoms with Crippen molar-refractivity contribution in [1.82, 2.24) is 0 Å². The van der Waals surface area contributed by atoms with Gasteiger partial charge in [0.15, 0.2) is 0 Å². The zero-order chi connectivity index (χ0) is 21.6. The number of benzene rings is 2. The molecule has 0 saturated carbocycles. The number of nitro benzene ring substituents is 2. The zero-order valence-corrected chi connectivity index (χ0v) is 14.9. The maximum atomic E-state index is 12.0. The molecular weight excluding hydrogens is 432 g/mol. The lowest BCUT2D eigenvalue weighted by molar-refractivity contribution is -0.384. The summed E-state index contributed by atoms with van der Waals surface area (Å²) < 4.78 is 35.9. The molecule has 150 valence electrons. The van der Waals surface area contributed by atoms with Gasteiger partial charge in [0.2, 0.25) is 0 Å². The highest BCUT2D eigenvalue weighted by Crippen LogP contribution is 2.29. The predicted octanol–water partition coefficient (Wildman–Crippen LogP) is 4.58. The third-order valence-electron chi connectivity index (χ3n) is 2.85. The monoisotopic (exact) mass is 440 g/mol. The number of nitro groups is 2. The van der Waals surface area contributed by atoms with Crippen molar-refractivity contribution in [3.05, 3.63) is 66.7 Å². The number of hydrogen-bond donors (Lipinski definition) is 2. The van der Waals surface area contributed by atoms with Crippen molar-refractivity contribution in [2.45, 2.75) is 6.18 Å². The first-order valence-corrected chi connectivity index (χ1v) is 7.60. The molecule has 3 N–H and O–H groups in total. The molecule has 0 bridgehead atoms. The van der Waals surface area contributed by atoms with Crippen LogP contribution in [0.25, 0.3) is 0 Å². The molecule has 1 amide bonds. The molecule has 0 aliphatic heterocycles. The van der Waals surface area contributed by atoms with E-state index in [2.05, 4.69) is 0 Å². The summed E-state index contributed by atoms with van der Waals surface area (Å²) in [6.07, 6.45) is -5.13. The molecule has 0 aromatic heterocycles. The Morgan fingerprint density at radius 3 is 1.86 bits per heavy atom. The topological polar surface area (TPSA) is 141 Å². The van der Waals surface area contributed by atoms with Crippen LogP contribution in [0.5, 0.6) is 0 Å². The minimum absolute atomic E-state index is 0.0342. The van der Waals surface area contributed by atoms with Crippen LogP contribution in [0.1, 0.15) is 0 Å². The number of rotatable bonds is 3. The van der Waals surface area contributed by atoms with Gasteiger partial charge >= 0.3 is 12.1 Å². The molecule has 14 heteroatoms. The fourth-order valence-corrected chi connectivity index (χ4v) is 2.01. The van der Waals surface area contributed by atoms with E-state index >= 15 is 0 Å². The summed E-state index contributed by atoms with van der Waals surface area (Å²) >= 11 is 11.0. The van der Waals surface area contributed by atoms with Crippen molar-refractivity contribution >= 4 is 51.9 Å². The first-order valence-electron chi connectivity index (χ1n) is 6.84. The van der Waals surface area contributed by atoms with E-state index in [1.807, 2.05) is 0 Å². The summed E-state index contributed by atoms with van der Waals surface area (Å²) in [5.41, 5.74) is 3.98. The van der Waals surface area contributed by atoms with Gasteiger partial charge in [-0.1, -0.05) is 23.2 Å². The number of halogens is 5. The number of anilines is 2. The minimum atomic E-state index is -5.13. The number of carbonyl (C=O) groups is 1. The van der Waals surface area contributed by atoms with E-state index in [4.69, 9.17) is 28.9 Å². The minimum Gasteiger partial charge on any atom is -0.393 e. The summed E-state index contributed by atoms with van der Waals surface area (Å²) in [5, 5.41) is 22.5. The Bertz CT molecular complexity index is 924. The number of nitrogen functional groups attached to an aromatic ring is 1. The highest BCUT2D eigenvalue weighted by Gasteiger charge is 2.39. The van der Waals surface area contributed by atoms with Gasteiger partial charge in [-0.3, -0.25) is 25.0 Å². The highest BCUT2D eigenvalue weighted by molar-refractivity contribution is 6.31. The van der Waals surface area contributed by atoms with Crippen molar-refractivity contribution in [2.75, 3.05) is 11.1 Å². The third-order valence-corrected chi connectivity index (χ3v) is 3.32. The molecule has 0 aliphatic carbocycles. The number of carbonyl (C=O) groups excluding carboxylic acids is 1. The first kappa shape index (κ1) is 22.9. The van der Waals surface area contributed by atoms with E-state index in [1.165, 1.54) is 23.5 Å². The van der Waals surface area contributed by atoms with Crippen LogP contribution >= 0.6 is 23.2 Å². The Balaban J connectivity index is 0.000000307. The van der Waals surface area contributed by atoms with Crippen molar-refractivity contribution < 1.29 is 27.8 Å². The number of nitrogens with two attached hydrogens (primary N) is 1. The molecule has 0 saturated heterocycles. The van der Waals surface area contributed by atoms with Crippen molar-refractivity contribution in [1.29, 1.82) is 0 Å². The Hall–Kier alpha value is -3.12. The zero-order valence-electron chi connectivity index (χ0n) is 13.4. The van der Waals surface area contributed by atoms with Gasteiger partial charge in [0.05, 0.1) is 9.85 Å². The number of amides is 1. The fraction of sp³-hybridized carbons (Fsp3) is 0.0714. The lowest BCUT2D eigenvalue weighted by Gasteiger charge is -2.08. The number of hydrogen-bond acceptors (Lipinski definition) is 6. The Morgan fingerprint density at radius 2 is 1.43 bits per heavy atom. The van der Waals surface area contributed by atoms with E-state index in [1.54, 1.807) is 0 Å². The van der Waals surface area contributed by atoms with Gasteiger partial charge in [-0.05, 0) is 24.3 Å². The molecule has 0 unspecified atom stereocenters. The highest BCUT2D eigenvalue weighted by atomic mass is 35.5. The molecular formula is C14H9Cl2F3N4O5. The van der Waals surface area contributed by atoms with Crippen LogP contribution in [0.15, 0.2) is 36.4 Å². The molecule has 0 spiro atoms. The lowest BCUT2D eigenvalue weighted by atomic mass is 10.2. The van der Waals surface area contributed by atoms with Crippen LogP contribution < -0.4 is 11.1 Å². The SMILES string of the molecule is Nc1cc(Cl)ccc1[N+](=O)[O-].O=C(Nc1cc(Cl)ccc1[N+](=O)[O-])C(F)(F)F. The number of nitrogens with zero attached hydrogens (tertiary/aromatic N) is 2. The Labute approximate surface area is 164 Å². The second-order valence-electron chi connectivity index (χ2n) is 4.83. The maximum Gasteiger partial charge on any atom is 0.471 e. The summed E-state index contributed by atoms with van der Waals surface area (Å²) in [4.78, 5) is 29.8. The summed E-state index contributed by atoms with van der Waals surface area (Å²) in [7, 11) is 0. The molecule has 0 atom stereocenters. The molecule has 0 radical (unpaired) electrons. The quantitative estimate of drug-likeness (QED) is 0.406. The molecule has 0 heterocycles. The summed E-state index contributed by atoms with van der Waals surface area (Å²) in [6.45, 7) is 0. The van der Waals surface area contributed by atoms with E-state index in [0.717, 1.165) is 18.2 Å². The van der Waals surface area contributed by atoms with Crippen LogP contribution in [0.4, 0.5) is 35.9 Å². The molecule has 2 aromatic rings. The maximum absolute atomic E-state index is 12.0. The van der Waals surface area contributed by atoms with E-state index in [0.29, 0.717) is 5.02 Å². The van der Waals surface area contributed by atoms with Gasteiger partial charge in [0, 0.05) is 22.2 Å². The molecule has 2 aromatic carbocycles. The first-order chi connectivity index (χ1) is 12.8. The fourth-order valence-electron chi connectivity index (χ4n) is 1.65. The normalized spacial score (nSPS) is 10.5. The van der Waals surface area contributed by atoms with Crippen LogP contribution in [-0.2, 0) is 4.79 Å². The van der Waals surface area contributed by atoms with Gasteiger partial charge in [-0.15, -0.1) is 0 Å². The van der Waals surface area contributed by atoms with Crippen molar-refractivity contribution in [3.8, 4) is 0 Å². The second kappa shape index (κ2) is 9.19. The van der Waals surface area contributed by atoms with Gasteiger partial charge in [0.1, 0.15) is 11.4 Å². The van der Waals surface area contributed by atoms with E-state index in [9.17, 15) is 38.2 Å².